The van der Waals surface area contributed by atoms with E-state index in [9.17, 15) is 9.18 Å². The minimum Gasteiger partial charge on any atom is -0.362 e. The van der Waals surface area contributed by atoms with Crippen LogP contribution in [-0.2, 0) is 11.2 Å². The SMILES string of the molecule is N#CCCN(C(=O)CN1CCc2ccccc21)c1ccccc1F. The molecule has 0 unspecified atom stereocenters. The smallest absolute Gasteiger partial charge is 0.246 e. The molecule has 0 saturated heterocycles. The molecule has 1 aliphatic heterocycles. The van der Waals surface area contributed by atoms with Gasteiger partial charge in [-0.2, -0.15) is 5.26 Å². The standard InChI is InChI=1S/C19H18FN3O/c20-16-7-2-4-9-18(16)23(12-5-11-21)19(24)14-22-13-10-15-6-1-3-8-17(15)22/h1-4,6-9H,5,10,12-14H2. The van der Waals surface area contributed by atoms with Crippen molar-refractivity contribution in [3.63, 3.8) is 0 Å². The first-order valence-electron chi connectivity index (χ1n) is 7.95. The summed E-state index contributed by atoms with van der Waals surface area (Å²) < 4.78 is 14.1. The van der Waals surface area contributed by atoms with Gasteiger partial charge in [-0.1, -0.05) is 30.3 Å². The predicted octanol–water partition coefficient (Wildman–Crippen LogP) is 3.14. The largest absolute Gasteiger partial charge is 0.362 e. The van der Waals surface area contributed by atoms with Crippen LogP contribution in [-0.4, -0.2) is 25.5 Å². The molecule has 2 aromatic rings. The lowest BCUT2D eigenvalue weighted by molar-refractivity contribution is -0.117. The van der Waals surface area contributed by atoms with E-state index in [1.807, 2.05) is 29.2 Å². The number of carbonyl (C=O) groups excluding carboxylic acids is 1. The normalized spacial score (nSPS) is 12.6. The number of halogens is 1. The van der Waals surface area contributed by atoms with E-state index in [1.54, 1.807) is 18.2 Å². The lowest BCUT2D eigenvalue weighted by Crippen LogP contribution is -2.41. The molecule has 5 heteroatoms. The molecule has 24 heavy (non-hydrogen) atoms. The molecule has 1 aliphatic rings. The molecule has 1 amide bonds. The van der Waals surface area contributed by atoms with Gasteiger partial charge in [-0.05, 0) is 30.2 Å². The average molecular weight is 323 g/mol. The molecule has 0 N–H and O–H groups in total. The number of para-hydroxylation sites is 2. The first kappa shape index (κ1) is 16.0. The Bertz CT molecular complexity index is 784. The monoisotopic (exact) mass is 323 g/mol. The van der Waals surface area contributed by atoms with Crippen molar-refractivity contribution in [3.05, 3.63) is 59.9 Å². The third-order valence-electron chi connectivity index (χ3n) is 4.20. The molecule has 1 heterocycles. The number of nitriles is 1. The molecule has 0 saturated carbocycles. The Morgan fingerprint density at radius 1 is 1.21 bits per heavy atom. The summed E-state index contributed by atoms with van der Waals surface area (Å²) in [6.45, 7) is 1.14. The maximum Gasteiger partial charge on any atom is 0.246 e. The fourth-order valence-corrected chi connectivity index (χ4v) is 3.03. The van der Waals surface area contributed by atoms with E-state index in [0.717, 1.165) is 18.7 Å². The van der Waals surface area contributed by atoms with Crippen molar-refractivity contribution in [2.45, 2.75) is 12.8 Å². The second-order valence-corrected chi connectivity index (χ2v) is 5.71. The number of nitrogens with zero attached hydrogens (tertiary/aromatic N) is 3. The van der Waals surface area contributed by atoms with Gasteiger partial charge in [0.2, 0.25) is 5.91 Å². The van der Waals surface area contributed by atoms with Crippen molar-refractivity contribution >= 4 is 17.3 Å². The minimum absolute atomic E-state index is 0.163. The van der Waals surface area contributed by atoms with E-state index in [4.69, 9.17) is 5.26 Å². The number of benzene rings is 2. The van der Waals surface area contributed by atoms with Gasteiger partial charge in [-0.3, -0.25) is 4.79 Å². The number of fused-ring (bicyclic) bond motifs is 1. The molecule has 3 rings (SSSR count). The topological polar surface area (TPSA) is 47.3 Å². The maximum absolute atomic E-state index is 14.1. The summed E-state index contributed by atoms with van der Waals surface area (Å²) in [5.74, 6) is -0.655. The summed E-state index contributed by atoms with van der Waals surface area (Å²) in [6.07, 6.45) is 1.07. The van der Waals surface area contributed by atoms with E-state index >= 15 is 0 Å². The number of anilines is 2. The highest BCUT2D eigenvalue weighted by molar-refractivity contribution is 5.96. The first-order valence-corrected chi connectivity index (χ1v) is 7.95. The van der Waals surface area contributed by atoms with Crippen LogP contribution < -0.4 is 9.80 Å². The summed E-state index contributed by atoms with van der Waals surface area (Å²) in [5, 5.41) is 8.84. The van der Waals surface area contributed by atoms with Crippen molar-refractivity contribution in [3.8, 4) is 6.07 Å². The molecule has 0 aromatic heterocycles. The third kappa shape index (κ3) is 3.23. The van der Waals surface area contributed by atoms with Crippen molar-refractivity contribution in [2.75, 3.05) is 29.4 Å². The van der Waals surface area contributed by atoms with Crippen molar-refractivity contribution < 1.29 is 9.18 Å². The Labute approximate surface area is 140 Å². The minimum atomic E-state index is -0.453. The van der Waals surface area contributed by atoms with Crippen LogP contribution in [0.5, 0.6) is 0 Å². The van der Waals surface area contributed by atoms with Gasteiger partial charge in [0.05, 0.1) is 24.7 Å². The maximum atomic E-state index is 14.1. The lowest BCUT2D eigenvalue weighted by atomic mass is 10.2. The van der Waals surface area contributed by atoms with Crippen molar-refractivity contribution in [1.82, 2.24) is 0 Å². The van der Waals surface area contributed by atoms with Gasteiger partial charge in [0.25, 0.3) is 0 Å². The van der Waals surface area contributed by atoms with Crippen LogP contribution in [0.2, 0.25) is 0 Å². The fourth-order valence-electron chi connectivity index (χ4n) is 3.03. The van der Waals surface area contributed by atoms with E-state index < -0.39 is 5.82 Å². The van der Waals surface area contributed by atoms with Gasteiger partial charge >= 0.3 is 0 Å². The Kier molecular flexibility index (Phi) is 4.76. The van der Waals surface area contributed by atoms with Crippen LogP contribution in [0.4, 0.5) is 15.8 Å². The van der Waals surface area contributed by atoms with Crippen LogP contribution in [0, 0.1) is 17.1 Å². The second-order valence-electron chi connectivity index (χ2n) is 5.71. The molecule has 0 radical (unpaired) electrons. The second kappa shape index (κ2) is 7.14. The molecular formula is C19H18FN3O. The molecule has 122 valence electrons. The number of hydrogen-bond donors (Lipinski definition) is 0. The molecule has 2 aromatic carbocycles. The summed E-state index contributed by atoms with van der Waals surface area (Å²) >= 11 is 0. The number of hydrogen-bond acceptors (Lipinski definition) is 3. The number of carbonyl (C=O) groups is 1. The Hall–Kier alpha value is -2.87. The number of rotatable bonds is 5. The molecule has 4 nitrogen and oxygen atoms in total. The summed E-state index contributed by atoms with van der Waals surface area (Å²) in [7, 11) is 0. The van der Waals surface area contributed by atoms with Crippen molar-refractivity contribution in [1.29, 1.82) is 5.26 Å². The van der Waals surface area contributed by atoms with E-state index in [2.05, 4.69) is 6.07 Å². The Morgan fingerprint density at radius 3 is 2.75 bits per heavy atom. The summed E-state index contributed by atoms with van der Waals surface area (Å²) in [6, 6.07) is 16.2. The highest BCUT2D eigenvalue weighted by Crippen LogP contribution is 2.28. The average Bonchev–Trinajstić information content (AvgIpc) is 3.00. The van der Waals surface area contributed by atoms with Crippen LogP contribution >= 0.6 is 0 Å². The Balaban J connectivity index is 1.80. The van der Waals surface area contributed by atoms with Crippen LogP contribution in [0.3, 0.4) is 0 Å². The van der Waals surface area contributed by atoms with E-state index in [0.29, 0.717) is 0 Å². The van der Waals surface area contributed by atoms with E-state index in [-0.39, 0.29) is 31.1 Å². The van der Waals surface area contributed by atoms with Gasteiger partial charge in [-0.15, -0.1) is 0 Å². The third-order valence-corrected chi connectivity index (χ3v) is 4.20. The highest BCUT2D eigenvalue weighted by Gasteiger charge is 2.25. The number of amides is 1. The molecule has 0 spiro atoms. The summed E-state index contributed by atoms with van der Waals surface area (Å²) in [5.41, 5.74) is 2.50. The highest BCUT2D eigenvalue weighted by atomic mass is 19.1. The molecular weight excluding hydrogens is 305 g/mol. The molecule has 0 bridgehead atoms. The zero-order valence-electron chi connectivity index (χ0n) is 13.3. The quantitative estimate of drug-likeness (QED) is 0.849. The van der Waals surface area contributed by atoms with Crippen LogP contribution in [0.15, 0.2) is 48.5 Å². The molecule has 0 atom stereocenters. The molecule has 0 fully saturated rings. The zero-order valence-corrected chi connectivity index (χ0v) is 13.3. The van der Waals surface area contributed by atoms with Gasteiger partial charge in [0.1, 0.15) is 5.82 Å². The first-order chi connectivity index (χ1) is 11.7. The fraction of sp³-hybridized carbons (Fsp3) is 0.263. The van der Waals surface area contributed by atoms with Gasteiger partial charge in [0, 0.05) is 18.8 Å². The van der Waals surface area contributed by atoms with Crippen molar-refractivity contribution in [2.24, 2.45) is 0 Å². The lowest BCUT2D eigenvalue weighted by Gasteiger charge is -2.26. The Morgan fingerprint density at radius 2 is 1.96 bits per heavy atom. The van der Waals surface area contributed by atoms with Gasteiger partial charge < -0.3 is 9.80 Å². The predicted molar refractivity (Wildman–Crippen MR) is 91.3 cm³/mol. The van der Waals surface area contributed by atoms with Gasteiger partial charge in [-0.25, -0.2) is 4.39 Å². The van der Waals surface area contributed by atoms with Crippen LogP contribution in [0.25, 0.3) is 0 Å². The van der Waals surface area contributed by atoms with Gasteiger partial charge in [0.15, 0.2) is 0 Å². The summed E-state index contributed by atoms with van der Waals surface area (Å²) in [4.78, 5) is 16.2. The molecule has 0 aliphatic carbocycles. The zero-order chi connectivity index (χ0) is 16.9. The van der Waals surface area contributed by atoms with Crippen LogP contribution in [0.1, 0.15) is 12.0 Å². The van der Waals surface area contributed by atoms with E-state index in [1.165, 1.54) is 16.5 Å².